The number of carboxylic acids is 1. The van der Waals surface area contributed by atoms with Gasteiger partial charge in [-0.3, -0.25) is 29.8 Å². The second-order valence-corrected chi connectivity index (χ2v) is 6.56. The molecule has 0 unspecified atom stereocenters. The lowest BCUT2D eigenvalue weighted by molar-refractivity contribution is -0.385. The lowest BCUT2D eigenvalue weighted by Gasteiger charge is -2.24. The number of nitrogens with one attached hydrogen (secondary N) is 1. The molecule has 0 aromatic heterocycles. The van der Waals surface area contributed by atoms with Crippen LogP contribution in [0.1, 0.15) is 35.2 Å². The average molecular weight is 445 g/mol. The number of nitrogens with zero attached hydrogens (tertiary/aromatic N) is 2. The number of hydrogen-bond acceptors (Lipinski definition) is 8. The molecule has 168 valence electrons. The minimum absolute atomic E-state index is 0.0452. The van der Waals surface area contributed by atoms with Crippen molar-refractivity contribution in [2.75, 3.05) is 6.61 Å². The van der Waals surface area contributed by atoms with E-state index in [1.165, 1.54) is 30.3 Å². The fourth-order valence-electron chi connectivity index (χ4n) is 2.99. The molecule has 0 heterocycles. The Bertz CT molecular complexity index is 1040. The van der Waals surface area contributed by atoms with Crippen LogP contribution in [0.5, 0.6) is 0 Å². The van der Waals surface area contributed by atoms with Crippen molar-refractivity contribution in [2.24, 2.45) is 0 Å². The maximum atomic E-state index is 12.6. The summed E-state index contributed by atoms with van der Waals surface area (Å²) in [6.45, 7) is 1.61. The third-order valence-electron chi connectivity index (χ3n) is 4.50. The Morgan fingerprint density at radius 1 is 1.03 bits per heavy atom. The predicted octanol–water partition coefficient (Wildman–Crippen LogP) is 2.42. The highest BCUT2D eigenvalue weighted by molar-refractivity contribution is 5.97. The first-order valence-electron chi connectivity index (χ1n) is 9.32. The van der Waals surface area contributed by atoms with Crippen LogP contribution in [0.25, 0.3) is 0 Å². The minimum Gasteiger partial charge on any atom is -0.480 e. The summed E-state index contributed by atoms with van der Waals surface area (Å²) < 4.78 is 4.89. The van der Waals surface area contributed by atoms with E-state index in [0.717, 1.165) is 18.2 Å². The maximum absolute atomic E-state index is 12.6. The number of aliphatic carboxylic acids is 1. The van der Waals surface area contributed by atoms with Gasteiger partial charge in [-0.15, -0.1) is 0 Å². The lowest BCUT2D eigenvalue weighted by atomic mass is 9.88. The summed E-state index contributed by atoms with van der Waals surface area (Å²) in [5.74, 6) is -4.24. The molecule has 2 aromatic rings. The van der Waals surface area contributed by atoms with Gasteiger partial charge < -0.3 is 15.2 Å². The van der Waals surface area contributed by atoms with E-state index >= 15 is 0 Å². The van der Waals surface area contributed by atoms with Crippen LogP contribution in [0.3, 0.4) is 0 Å². The van der Waals surface area contributed by atoms with Gasteiger partial charge in [0.05, 0.1) is 22.9 Å². The van der Waals surface area contributed by atoms with Crippen molar-refractivity contribution in [3.8, 4) is 0 Å². The molecule has 2 rings (SSSR count). The van der Waals surface area contributed by atoms with Gasteiger partial charge in [0.25, 0.3) is 17.3 Å². The molecular weight excluding hydrogens is 426 g/mol. The third kappa shape index (κ3) is 6.08. The number of nitro benzene ring substituents is 2. The van der Waals surface area contributed by atoms with Crippen LogP contribution in [0.2, 0.25) is 0 Å². The molecular formula is C20H19N3O9. The quantitative estimate of drug-likeness (QED) is 0.315. The second-order valence-electron chi connectivity index (χ2n) is 6.56. The summed E-state index contributed by atoms with van der Waals surface area (Å²) in [4.78, 5) is 57.2. The molecule has 0 saturated heterocycles. The standard InChI is InChI=1S/C20H19N3O9/c1-2-32-17(24)11-16(12-6-8-14(9-7-12)22(28)29)18(20(26)27)21-19(25)13-4-3-5-15(10-13)23(30)31/h3-10,16,18H,2,11H2,1H3,(H,21,25)(H,26,27)/t16-,18-/m0/s1. The van der Waals surface area contributed by atoms with E-state index in [2.05, 4.69) is 5.32 Å². The fourth-order valence-corrected chi connectivity index (χ4v) is 2.99. The molecule has 32 heavy (non-hydrogen) atoms. The molecule has 0 spiro atoms. The number of benzene rings is 2. The normalized spacial score (nSPS) is 12.3. The van der Waals surface area contributed by atoms with Crippen molar-refractivity contribution in [2.45, 2.75) is 25.3 Å². The molecule has 12 nitrogen and oxygen atoms in total. The summed E-state index contributed by atoms with van der Waals surface area (Å²) in [6, 6.07) is 7.95. The number of carbonyl (C=O) groups is 3. The molecule has 0 aliphatic heterocycles. The number of hydrogen-bond donors (Lipinski definition) is 2. The van der Waals surface area contributed by atoms with Crippen molar-refractivity contribution in [3.63, 3.8) is 0 Å². The van der Waals surface area contributed by atoms with E-state index in [1.807, 2.05) is 0 Å². The van der Waals surface area contributed by atoms with E-state index < -0.39 is 46.1 Å². The van der Waals surface area contributed by atoms with Crippen LogP contribution < -0.4 is 5.32 Å². The number of esters is 1. The molecule has 2 atom stereocenters. The molecule has 0 bridgehead atoms. The van der Waals surface area contributed by atoms with Gasteiger partial charge in [-0.2, -0.15) is 0 Å². The summed E-state index contributed by atoms with van der Waals surface area (Å²) in [5, 5.41) is 33.9. The van der Waals surface area contributed by atoms with Crippen molar-refractivity contribution in [1.82, 2.24) is 5.32 Å². The van der Waals surface area contributed by atoms with Crippen molar-refractivity contribution in [1.29, 1.82) is 0 Å². The van der Waals surface area contributed by atoms with Crippen LogP contribution in [0.15, 0.2) is 48.5 Å². The van der Waals surface area contributed by atoms with Gasteiger partial charge in [0, 0.05) is 35.7 Å². The van der Waals surface area contributed by atoms with E-state index in [9.17, 15) is 39.7 Å². The largest absolute Gasteiger partial charge is 0.480 e. The average Bonchev–Trinajstić information content (AvgIpc) is 2.76. The number of non-ortho nitro benzene ring substituents is 2. The van der Waals surface area contributed by atoms with Crippen LogP contribution >= 0.6 is 0 Å². The van der Waals surface area contributed by atoms with E-state index in [4.69, 9.17) is 4.74 Å². The van der Waals surface area contributed by atoms with Crippen molar-refractivity contribution in [3.05, 3.63) is 79.9 Å². The Hall–Kier alpha value is -4.35. The molecule has 0 aliphatic rings. The highest BCUT2D eigenvalue weighted by Crippen LogP contribution is 2.27. The van der Waals surface area contributed by atoms with Gasteiger partial charge in [0.1, 0.15) is 6.04 Å². The number of carboxylic acid groups (broad SMARTS) is 1. The first-order chi connectivity index (χ1) is 15.1. The first-order valence-corrected chi connectivity index (χ1v) is 9.32. The number of nitro groups is 2. The van der Waals surface area contributed by atoms with Gasteiger partial charge in [-0.1, -0.05) is 18.2 Å². The molecule has 1 amide bonds. The third-order valence-corrected chi connectivity index (χ3v) is 4.50. The maximum Gasteiger partial charge on any atom is 0.326 e. The van der Waals surface area contributed by atoms with Gasteiger partial charge in [-0.05, 0) is 18.6 Å². The van der Waals surface area contributed by atoms with E-state index in [1.54, 1.807) is 6.92 Å². The smallest absolute Gasteiger partial charge is 0.326 e. The molecule has 2 aromatic carbocycles. The van der Waals surface area contributed by atoms with Crippen LogP contribution in [0.4, 0.5) is 11.4 Å². The van der Waals surface area contributed by atoms with Crippen LogP contribution in [0, 0.1) is 20.2 Å². The highest BCUT2D eigenvalue weighted by atomic mass is 16.6. The Kier molecular flexibility index (Phi) is 7.93. The molecule has 12 heteroatoms. The molecule has 2 N–H and O–H groups in total. The van der Waals surface area contributed by atoms with Gasteiger partial charge in [0.15, 0.2) is 0 Å². The summed E-state index contributed by atoms with van der Waals surface area (Å²) >= 11 is 0. The van der Waals surface area contributed by atoms with Crippen LogP contribution in [-0.4, -0.2) is 45.4 Å². The Morgan fingerprint density at radius 3 is 2.19 bits per heavy atom. The monoisotopic (exact) mass is 445 g/mol. The van der Waals surface area contributed by atoms with Gasteiger partial charge in [-0.25, -0.2) is 4.79 Å². The fraction of sp³-hybridized carbons (Fsp3) is 0.250. The zero-order chi connectivity index (χ0) is 23.8. The number of rotatable bonds is 10. The number of amides is 1. The lowest BCUT2D eigenvalue weighted by Crippen LogP contribution is -2.45. The molecule has 0 radical (unpaired) electrons. The summed E-state index contributed by atoms with van der Waals surface area (Å²) in [7, 11) is 0. The van der Waals surface area contributed by atoms with Crippen molar-refractivity contribution >= 4 is 29.2 Å². The minimum atomic E-state index is -1.63. The zero-order valence-corrected chi connectivity index (χ0v) is 16.8. The SMILES string of the molecule is CCOC(=O)C[C@@H](c1ccc([N+](=O)[O-])cc1)[C@H](NC(=O)c1cccc([N+](=O)[O-])c1)C(=O)O. The Morgan fingerprint density at radius 2 is 1.66 bits per heavy atom. The van der Waals surface area contributed by atoms with Crippen LogP contribution in [-0.2, 0) is 14.3 Å². The summed E-state index contributed by atoms with van der Waals surface area (Å²) in [5.41, 5.74) is -0.501. The Balaban J connectivity index is 2.39. The predicted molar refractivity (Wildman–Crippen MR) is 109 cm³/mol. The first kappa shape index (κ1) is 23.9. The van der Waals surface area contributed by atoms with E-state index in [0.29, 0.717) is 0 Å². The highest BCUT2D eigenvalue weighted by Gasteiger charge is 2.34. The number of ether oxygens (including phenoxy) is 1. The Labute approximate surface area is 181 Å². The molecule has 0 aliphatic carbocycles. The van der Waals surface area contributed by atoms with Gasteiger partial charge >= 0.3 is 11.9 Å². The summed E-state index contributed by atoms with van der Waals surface area (Å²) in [6.07, 6.45) is -0.433. The second kappa shape index (κ2) is 10.6. The molecule has 0 saturated carbocycles. The number of carbonyl (C=O) groups excluding carboxylic acids is 2. The zero-order valence-electron chi connectivity index (χ0n) is 16.8. The van der Waals surface area contributed by atoms with E-state index in [-0.39, 0.29) is 29.1 Å². The topological polar surface area (TPSA) is 179 Å². The molecule has 0 fully saturated rings. The van der Waals surface area contributed by atoms with Crippen molar-refractivity contribution < 1.29 is 34.1 Å². The van der Waals surface area contributed by atoms with Gasteiger partial charge in [0.2, 0.25) is 0 Å².